The number of hydrogen-bond donors (Lipinski definition) is 2. The molecular weight excluding hydrogens is 228 g/mol. The lowest BCUT2D eigenvalue weighted by Gasteiger charge is -2.15. The molecule has 0 unspecified atom stereocenters. The molecule has 6 nitrogen and oxygen atoms in total. The minimum Gasteiger partial charge on any atom is -0.308 e. The molecule has 7 heteroatoms. The van der Waals surface area contributed by atoms with Gasteiger partial charge in [0.05, 0.1) is 0 Å². The first-order valence-electron chi connectivity index (χ1n) is 5.07. The molecule has 0 bridgehead atoms. The fourth-order valence-corrected chi connectivity index (χ4v) is 3.16. The highest BCUT2D eigenvalue weighted by molar-refractivity contribution is 7.89. The maximum atomic E-state index is 12.1. The second kappa shape index (κ2) is 4.36. The van der Waals surface area contributed by atoms with E-state index in [9.17, 15) is 8.42 Å². The largest absolute Gasteiger partial charge is 0.308 e. The van der Waals surface area contributed by atoms with Crippen molar-refractivity contribution >= 4 is 15.8 Å². The van der Waals surface area contributed by atoms with E-state index in [1.54, 1.807) is 6.07 Å². The van der Waals surface area contributed by atoms with Crippen LogP contribution in [0, 0.1) is 0 Å². The second-order valence-electron chi connectivity index (χ2n) is 3.63. The first-order valence-corrected chi connectivity index (χ1v) is 6.51. The first-order chi connectivity index (χ1) is 7.64. The van der Waals surface area contributed by atoms with Gasteiger partial charge in [-0.15, -0.1) is 0 Å². The SMILES string of the molecule is NNc1ccc(S(=O)(=O)N2CCCC2)cn1. The fraction of sp³-hybridized carbons (Fsp3) is 0.444. The molecule has 1 fully saturated rings. The van der Waals surface area contributed by atoms with Gasteiger partial charge in [0.25, 0.3) is 0 Å². The van der Waals surface area contributed by atoms with Crippen LogP contribution in [0.25, 0.3) is 0 Å². The Morgan fingerprint density at radius 3 is 2.50 bits per heavy atom. The molecule has 0 aliphatic carbocycles. The molecule has 1 saturated heterocycles. The van der Waals surface area contributed by atoms with Crippen LogP contribution in [0.3, 0.4) is 0 Å². The Morgan fingerprint density at radius 1 is 1.31 bits per heavy atom. The van der Waals surface area contributed by atoms with E-state index in [1.807, 2.05) is 0 Å². The summed E-state index contributed by atoms with van der Waals surface area (Å²) in [4.78, 5) is 4.11. The van der Waals surface area contributed by atoms with Crippen molar-refractivity contribution in [3.05, 3.63) is 18.3 Å². The molecule has 3 N–H and O–H groups in total. The van der Waals surface area contributed by atoms with Crippen LogP contribution in [-0.2, 0) is 10.0 Å². The van der Waals surface area contributed by atoms with Gasteiger partial charge in [-0.2, -0.15) is 4.31 Å². The van der Waals surface area contributed by atoms with Crippen LogP contribution >= 0.6 is 0 Å². The smallest absolute Gasteiger partial charge is 0.244 e. The summed E-state index contributed by atoms with van der Waals surface area (Å²) in [6, 6.07) is 3.05. The van der Waals surface area contributed by atoms with Gasteiger partial charge in [-0.25, -0.2) is 19.2 Å². The highest BCUT2D eigenvalue weighted by Crippen LogP contribution is 2.20. The maximum absolute atomic E-state index is 12.1. The molecule has 1 aromatic heterocycles. The summed E-state index contributed by atoms with van der Waals surface area (Å²) in [5.74, 6) is 5.60. The van der Waals surface area contributed by atoms with Gasteiger partial charge >= 0.3 is 0 Å². The molecule has 0 saturated carbocycles. The van der Waals surface area contributed by atoms with Crippen molar-refractivity contribution in [3.63, 3.8) is 0 Å². The zero-order valence-electron chi connectivity index (χ0n) is 8.76. The highest BCUT2D eigenvalue weighted by atomic mass is 32.2. The van der Waals surface area contributed by atoms with Gasteiger partial charge in [-0.05, 0) is 25.0 Å². The van der Waals surface area contributed by atoms with Crippen molar-refractivity contribution in [3.8, 4) is 0 Å². The van der Waals surface area contributed by atoms with E-state index in [-0.39, 0.29) is 4.90 Å². The summed E-state index contributed by atoms with van der Waals surface area (Å²) in [7, 11) is -3.36. The van der Waals surface area contributed by atoms with Crippen LogP contribution in [0.1, 0.15) is 12.8 Å². The Bertz CT molecular complexity index is 451. The average Bonchev–Trinajstić information content (AvgIpc) is 2.83. The van der Waals surface area contributed by atoms with Gasteiger partial charge in [0.15, 0.2) is 0 Å². The Kier molecular flexibility index (Phi) is 3.08. The van der Waals surface area contributed by atoms with Crippen LogP contribution < -0.4 is 11.3 Å². The first kappa shape index (κ1) is 11.3. The van der Waals surface area contributed by atoms with E-state index < -0.39 is 10.0 Å². The molecule has 0 amide bonds. The number of nitrogen functional groups attached to an aromatic ring is 1. The summed E-state index contributed by atoms with van der Waals surface area (Å²) < 4.78 is 25.6. The highest BCUT2D eigenvalue weighted by Gasteiger charge is 2.27. The number of aromatic nitrogens is 1. The Labute approximate surface area is 94.5 Å². The minimum absolute atomic E-state index is 0.216. The van der Waals surface area contributed by atoms with E-state index in [1.165, 1.54) is 16.6 Å². The number of nitrogens with zero attached hydrogens (tertiary/aromatic N) is 2. The summed E-state index contributed by atoms with van der Waals surface area (Å²) in [5.41, 5.74) is 2.36. The van der Waals surface area contributed by atoms with Crippen molar-refractivity contribution in [2.24, 2.45) is 5.84 Å². The lowest BCUT2D eigenvalue weighted by molar-refractivity contribution is 0.477. The molecular formula is C9H14N4O2S. The summed E-state index contributed by atoms with van der Waals surface area (Å²) >= 11 is 0. The molecule has 2 rings (SSSR count). The maximum Gasteiger partial charge on any atom is 0.244 e. The topological polar surface area (TPSA) is 88.3 Å². The second-order valence-corrected chi connectivity index (χ2v) is 5.57. The normalized spacial score (nSPS) is 17.6. The van der Waals surface area contributed by atoms with Crippen LogP contribution in [0.5, 0.6) is 0 Å². The molecule has 16 heavy (non-hydrogen) atoms. The van der Waals surface area contributed by atoms with Crippen molar-refractivity contribution in [2.75, 3.05) is 18.5 Å². The van der Waals surface area contributed by atoms with Crippen molar-refractivity contribution < 1.29 is 8.42 Å². The van der Waals surface area contributed by atoms with E-state index in [4.69, 9.17) is 5.84 Å². The van der Waals surface area contributed by atoms with Gasteiger partial charge in [0.2, 0.25) is 10.0 Å². The number of hydrogen-bond acceptors (Lipinski definition) is 5. The van der Waals surface area contributed by atoms with E-state index >= 15 is 0 Å². The van der Waals surface area contributed by atoms with Crippen LogP contribution in [0.15, 0.2) is 23.2 Å². The fourth-order valence-electron chi connectivity index (χ4n) is 1.70. The van der Waals surface area contributed by atoms with Crippen molar-refractivity contribution in [1.82, 2.24) is 9.29 Å². The molecule has 0 radical (unpaired) electrons. The van der Waals surface area contributed by atoms with Gasteiger partial charge in [-0.1, -0.05) is 0 Å². The predicted octanol–water partition coefficient (Wildman–Crippen LogP) is 0.152. The van der Waals surface area contributed by atoms with Gasteiger partial charge in [-0.3, -0.25) is 0 Å². The quantitative estimate of drug-likeness (QED) is 0.582. The van der Waals surface area contributed by atoms with Crippen LogP contribution in [-0.4, -0.2) is 30.8 Å². The number of anilines is 1. The summed E-state index contributed by atoms with van der Waals surface area (Å²) in [6.07, 6.45) is 3.17. The van der Waals surface area contributed by atoms with Gasteiger partial charge in [0.1, 0.15) is 10.7 Å². The predicted molar refractivity (Wildman–Crippen MR) is 60.0 cm³/mol. The Morgan fingerprint density at radius 2 is 2.00 bits per heavy atom. The van der Waals surface area contributed by atoms with E-state index in [0.29, 0.717) is 18.9 Å². The van der Waals surface area contributed by atoms with E-state index in [0.717, 1.165) is 12.8 Å². The zero-order chi connectivity index (χ0) is 11.6. The Hall–Kier alpha value is -1.18. The molecule has 1 aliphatic heterocycles. The minimum atomic E-state index is -3.36. The third-order valence-electron chi connectivity index (χ3n) is 2.59. The van der Waals surface area contributed by atoms with Gasteiger partial charge in [0, 0.05) is 19.3 Å². The van der Waals surface area contributed by atoms with E-state index in [2.05, 4.69) is 10.4 Å². The molecule has 0 spiro atoms. The number of hydrazine groups is 1. The molecule has 1 aromatic rings. The lowest BCUT2D eigenvalue weighted by atomic mass is 10.4. The number of nitrogens with one attached hydrogen (secondary N) is 1. The van der Waals surface area contributed by atoms with Gasteiger partial charge < -0.3 is 5.43 Å². The standard InChI is InChI=1S/C9H14N4O2S/c10-12-9-4-3-8(7-11-9)16(14,15)13-5-1-2-6-13/h3-4,7H,1-2,5-6,10H2,(H,11,12). The van der Waals surface area contributed by atoms with Crippen molar-refractivity contribution in [1.29, 1.82) is 0 Å². The van der Waals surface area contributed by atoms with Crippen LogP contribution in [0.4, 0.5) is 5.82 Å². The number of rotatable bonds is 3. The molecule has 88 valence electrons. The monoisotopic (exact) mass is 242 g/mol. The number of sulfonamides is 1. The van der Waals surface area contributed by atoms with Crippen LogP contribution in [0.2, 0.25) is 0 Å². The lowest BCUT2D eigenvalue weighted by Crippen LogP contribution is -2.28. The number of pyridine rings is 1. The molecule has 2 heterocycles. The van der Waals surface area contributed by atoms with Crippen molar-refractivity contribution in [2.45, 2.75) is 17.7 Å². The molecule has 1 aliphatic rings. The molecule has 0 aromatic carbocycles. The number of nitrogens with two attached hydrogens (primary N) is 1. The average molecular weight is 242 g/mol. The Balaban J connectivity index is 2.28. The third-order valence-corrected chi connectivity index (χ3v) is 4.47. The molecule has 0 atom stereocenters. The zero-order valence-corrected chi connectivity index (χ0v) is 9.57. The summed E-state index contributed by atoms with van der Waals surface area (Å²) in [6.45, 7) is 1.19. The third kappa shape index (κ3) is 2.01. The summed E-state index contributed by atoms with van der Waals surface area (Å²) in [5, 5.41) is 0.